The van der Waals surface area contributed by atoms with E-state index in [0.717, 1.165) is 50.1 Å². The first-order chi connectivity index (χ1) is 11.7. The largest absolute Gasteiger partial charge is 0.417 e. The lowest BCUT2D eigenvalue weighted by atomic mass is 9.90. The molecule has 0 bridgehead atoms. The van der Waals surface area contributed by atoms with Gasteiger partial charge < -0.3 is 9.72 Å². The van der Waals surface area contributed by atoms with E-state index >= 15 is 0 Å². The van der Waals surface area contributed by atoms with Crippen LogP contribution in [0.5, 0.6) is 0 Å². The van der Waals surface area contributed by atoms with Crippen molar-refractivity contribution in [3.05, 3.63) is 35.3 Å². The summed E-state index contributed by atoms with van der Waals surface area (Å²) in [4.78, 5) is 6.94. The lowest BCUT2D eigenvalue weighted by molar-refractivity contribution is -0.137. The maximum absolute atomic E-state index is 13.1. The third-order valence-electron chi connectivity index (χ3n) is 4.56. The number of pyridine rings is 1. The molecule has 0 unspecified atom stereocenters. The van der Waals surface area contributed by atoms with Crippen LogP contribution in [-0.2, 0) is 18.1 Å². The topological polar surface area (TPSA) is 32.6 Å². The van der Waals surface area contributed by atoms with Crippen LogP contribution in [0.15, 0.2) is 18.3 Å². The molecule has 1 N–H and O–H groups in total. The van der Waals surface area contributed by atoms with E-state index in [-0.39, 0.29) is 5.41 Å². The zero-order valence-corrected chi connectivity index (χ0v) is 15.0. The van der Waals surface area contributed by atoms with Gasteiger partial charge in [-0.1, -0.05) is 20.8 Å². The molecule has 1 aliphatic rings. The van der Waals surface area contributed by atoms with Gasteiger partial charge in [0.05, 0.1) is 17.0 Å². The van der Waals surface area contributed by atoms with Crippen LogP contribution in [0.25, 0.3) is 5.65 Å². The maximum Gasteiger partial charge on any atom is 0.417 e. The summed E-state index contributed by atoms with van der Waals surface area (Å²) in [6.07, 6.45) is -2.14. The average molecular weight is 354 g/mol. The molecule has 3 rings (SSSR count). The zero-order chi connectivity index (χ0) is 18.2. The number of aromatic nitrogens is 2. The highest BCUT2D eigenvalue weighted by atomic mass is 19.4. The van der Waals surface area contributed by atoms with Crippen molar-refractivity contribution < 1.29 is 13.2 Å². The Balaban J connectivity index is 2.07. The van der Waals surface area contributed by atoms with E-state index < -0.39 is 11.7 Å². The number of nitrogens with one attached hydrogen (secondary N) is 1. The fourth-order valence-electron chi connectivity index (χ4n) is 3.28. The molecule has 7 heteroatoms. The normalized spacial score (nSPS) is 17.8. The van der Waals surface area contributed by atoms with Crippen molar-refractivity contribution >= 4 is 5.65 Å². The smallest absolute Gasteiger partial charge is 0.315 e. The summed E-state index contributed by atoms with van der Waals surface area (Å²) in [5.74, 6) is 0. The van der Waals surface area contributed by atoms with E-state index in [9.17, 15) is 13.2 Å². The molecule has 2 aromatic rings. The predicted octanol–water partition coefficient (Wildman–Crippen LogP) is 3.45. The minimum atomic E-state index is -4.36. The maximum atomic E-state index is 13.1. The molecule has 4 nitrogen and oxygen atoms in total. The van der Waals surface area contributed by atoms with Crippen LogP contribution in [-0.4, -0.2) is 40.5 Å². The standard InChI is InChI=1S/C18H25F3N4/c1-17(2,3)16-14(12-24-9-4-7-22-8-10-24)25-11-13(18(19,20)21)5-6-15(25)23-16/h5-6,11,22H,4,7-10,12H2,1-3H3. The fraction of sp³-hybridized carbons (Fsp3) is 0.611. The van der Waals surface area contributed by atoms with Gasteiger partial charge in [0.2, 0.25) is 0 Å². The molecule has 0 spiro atoms. The highest BCUT2D eigenvalue weighted by Gasteiger charge is 2.32. The van der Waals surface area contributed by atoms with Gasteiger partial charge in [0.15, 0.2) is 0 Å². The Morgan fingerprint density at radius 1 is 1.12 bits per heavy atom. The van der Waals surface area contributed by atoms with Crippen LogP contribution < -0.4 is 5.32 Å². The van der Waals surface area contributed by atoms with Gasteiger partial charge in [-0.25, -0.2) is 4.98 Å². The number of nitrogens with zero attached hydrogens (tertiary/aromatic N) is 3. The predicted molar refractivity (Wildman–Crippen MR) is 91.7 cm³/mol. The SMILES string of the molecule is CC(C)(C)c1nc2ccc(C(F)(F)F)cn2c1CN1CCCNCC1. The molecule has 138 valence electrons. The second-order valence-electron chi connectivity index (χ2n) is 7.68. The Kier molecular flexibility index (Phi) is 4.81. The minimum Gasteiger partial charge on any atom is -0.315 e. The summed E-state index contributed by atoms with van der Waals surface area (Å²) in [6, 6.07) is 2.57. The molecule has 2 aromatic heterocycles. The molecule has 0 aromatic carbocycles. The number of hydrogen-bond acceptors (Lipinski definition) is 3. The van der Waals surface area contributed by atoms with Crippen LogP contribution in [0, 0.1) is 0 Å². The monoisotopic (exact) mass is 354 g/mol. The lowest BCUT2D eigenvalue weighted by Gasteiger charge is -2.23. The van der Waals surface area contributed by atoms with Gasteiger partial charge in [0, 0.05) is 31.2 Å². The van der Waals surface area contributed by atoms with Crippen LogP contribution in [0.4, 0.5) is 13.2 Å². The molecule has 0 atom stereocenters. The van der Waals surface area contributed by atoms with Crippen molar-refractivity contribution in [3.8, 4) is 0 Å². The van der Waals surface area contributed by atoms with Gasteiger partial charge in [-0.05, 0) is 31.6 Å². The highest BCUT2D eigenvalue weighted by Crippen LogP contribution is 2.32. The number of halogens is 3. The van der Waals surface area contributed by atoms with Crippen LogP contribution in [0.1, 0.15) is 44.1 Å². The summed E-state index contributed by atoms with van der Waals surface area (Å²) in [5, 5.41) is 3.35. The van der Waals surface area contributed by atoms with Crippen LogP contribution >= 0.6 is 0 Å². The summed E-state index contributed by atoms with van der Waals surface area (Å²) >= 11 is 0. The van der Waals surface area contributed by atoms with Gasteiger partial charge in [0.25, 0.3) is 0 Å². The summed E-state index contributed by atoms with van der Waals surface area (Å²) in [7, 11) is 0. The number of imidazole rings is 1. The van der Waals surface area contributed by atoms with Crippen LogP contribution in [0.2, 0.25) is 0 Å². The van der Waals surface area contributed by atoms with E-state index in [4.69, 9.17) is 0 Å². The Morgan fingerprint density at radius 3 is 2.56 bits per heavy atom. The third-order valence-corrected chi connectivity index (χ3v) is 4.56. The molecular formula is C18H25F3N4. The van der Waals surface area contributed by atoms with Gasteiger partial charge in [-0.15, -0.1) is 0 Å². The molecule has 1 saturated heterocycles. The number of hydrogen-bond donors (Lipinski definition) is 1. The van der Waals surface area contributed by atoms with E-state index in [1.807, 2.05) is 20.8 Å². The molecule has 3 heterocycles. The molecule has 0 radical (unpaired) electrons. The Hall–Kier alpha value is -1.60. The van der Waals surface area contributed by atoms with Crippen molar-refractivity contribution in [1.29, 1.82) is 0 Å². The van der Waals surface area contributed by atoms with E-state index in [0.29, 0.717) is 12.2 Å². The number of alkyl halides is 3. The first-order valence-electron chi connectivity index (χ1n) is 8.68. The second-order valence-corrected chi connectivity index (χ2v) is 7.68. The molecule has 0 amide bonds. The zero-order valence-electron chi connectivity index (χ0n) is 15.0. The van der Waals surface area contributed by atoms with Crippen molar-refractivity contribution in [2.24, 2.45) is 0 Å². The van der Waals surface area contributed by atoms with E-state index in [2.05, 4.69) is 15.2 Å². The molecule has 1 fully saturated rings. The molecule has 0 saturated carbocycles. The van der Waals surface area contributed by atoms with E-state index in [1.165, 1.54) is 12.3 Å². The Bertz CT molecular complexity index is 735. The average Bonchev–Trinajstić information content (AvgIpc) is 2.68. The Labute approximate surface area is 146 Å². The Morgan fingerprint density at radius 2 is 1.88 bits per heavy atom. The molecule has 25 heavy (non-hydrogen) atoms. The quantitative estimate of drug-likeness (QED) is 0.897. The number of fused-ring (bicyclic) bond motifs is 1. The first-order valence-corrected chi connectivity index (χ1v) is 8.68. The third kappa shape index (κ3) is 3.98. The van der Waals surface area contributed by atoms with Crippen molar-refractivity contribution in [2.75, 3.05) is 26.2 Å². The first kappa shape index (κ1) is 18.2. The molecular weight excluding hydrogens is 329 g/mol. The van der Waals surface area contributed by atoms with Crippen molar-refractivity contribution in [1.82, 2.24) is 19.6 Å². The summed E-state index contributed by atoms with van der Waals surface area (Å²) in [5.41, 5.74) is 1.42. The highest BCUT2D eigenvalue weighted by molar-refractivity contribution is 5.46. The molecule has 0 aliphatic carbocycles. The van der Waals surface area contributed by atoms with Crippen molar-refractivity contribution in [3.63, 3.8) is 0 Å². The summed E-state index contributed by atoms with van der Waals surface area (Å²) in [6.45, 7) is 10.4. The van der Waals surface area contributed by atoms with Crippen molar-refractivity contribution in [2.45, 2.75) is 45.3 Å². The number of rotatable bonds is 2. The lowest BCUT2D eigenvalue weighted by Crippen LogP contribution is -2.29. The fourth-order valence-corrected chi connectivity index (χ4v) is 3.28. The second kappa shape index (κ2) is 6.61. The van der Waals surface area contributed by atoms with Gasteiger partial charge in [-0.2, -0.15) is 13.2 Å². The van der Waals surface area contributed by atoms with Gasteiger partial charge >= 0.3 is 6.18 Å². The van der Waals surface area contributed by atoms with Crippen LogP contribution in [0.3, 0.4) is 0 Å². The molecule has 1 aliphatic heterocycles. The van der Waals surface area contributed by atoms with Gasteiger partial charge in [-0.3, -0.25) is 4.90 Å². The summed E-state index contributed by atoms with van der Waals surface area (Å²) < 4.78 is 41.1. The minimum absolute atomic E-state index is 0.232. The van der Waals surface area contributed by atoms with Gasteiger partial charge in [0.1, 0.15) is 5.65 Å². The van der Waals surface area contributed by atoms with E-state index in [1.54, 1.807) is 4.40 Å².